The smallest absolute Gasteiger partial charge is 0.242 e. The summed E-state index contributed by atoms with van der Waals surface area (Å²) in [4.78, 5) is 12.3. The van der Waals surface area contributed by atoms with E-state index in [0.717, 1.165) is 18.5 Å². The molecule has 23 heavy (non-hydrogen) atoms. The Morgan fingerprint density at radius 3 is 2.78 bits per heavy atom. The van der Waals surface area contributed by atoms with Gasteiger partial charge in [0.25, 0.3) is 0 Å². The van der Waals surface area contributed by atoms with Crippen LogP contribution in [0.5, 0.6) is 0 Å². The number of amides is 1. The first-order valence-electron chi connectivity index (χ1n) is 8.33. The summed E-state index contributed by atoms with van der Waals surface area (Å²) in [6.45, 7) is 1.82. The van der Waals surface area contributed by atoms with Crippen LogP contribution in [0.25, 0.3) is 0 Å². The van der Waals surface area contributed by atoms with Gasteiger partial charge in [-0.1, -0.05) is 12.1 Å². The molecule has 1 aromatic rings. The molecule has 6 heteroatoms. The lowest BCUT2D eigenvalue weighted by molar-refractivity contribution is -0.122. The van der Waals surface area contributed by atoms with Crippen molar-refractivity contribution in [3.8, 4) is 0 Å². The van der Waals surface area contributed by atoms with E-state index in [0.29, 0.717) is 6.42 Å². The molecule has 0 bridgehead atoms. The summed E-state index contributed by atoms with van der Waals surface area (Å²) in [5.41, 5.74) is 3.72. The van der Waals surface area contributed by atoms with Crippen LogP contribution in [0.15, 0.2) is 18.2 Å². The van der Waals surface area contributed by atoms with Gasteiger partial charge in [-0.25, -0.2) is 8.42 Å². The molecule has 1 amide bonds. The van der Waals surface area contributed by atoms with Crippen molar-refractivity contribution < 1.29 is 13.2 Å². The standard InChI is InChI=1S/C17H24N2O3S/c1-12(17(20)19-14-9-10-23(21,22)11-14)18-16-8-4-6-13-5-2-3-7-15(13)16/h4,6,8,12,14,18H,2-3,5,7,9-11H2,1H3,(H,19,20)/t12-,14-/m1/s1. The molecule has 3 rings (SSSR count). The minimum Gasteiger partial charge on any atom is -0.374 e. The third-order valence-electron chi connectivity index (χ3n) is 4.74. The number of nitrogens with one attached hydrogen (secondary N) is 2. The first kappa shape index (κ1) is 16.3. The molecule has 0 radical (unpaired) electrons. The van der Waals surface area contributed by atoms with E-state index in [1.54, 1.807) is 0 Å². The zero-order valence-corrected chi connectivity index (χ0v) is 14.3. The second-order valence-corrected chi connectivity index (χ2v) is 8.85. The highest BCUT2D eigenvalue weighted by molar-refractivity contribution is 7.91. The number of hydrogen-bond donors (Lipinski definition) is 2. The van der Waals surface area contributed by atoms with E-state index >= 15 is 0 Å². The molecule has 2 aliphatic rings. The summed E-state index contributed by atoms with van der Waals surface area (Å²) >= 11 is 0. The predicted molar refractivity (Wildman–Crippen MR) is 91.4 cm³/mol. The van der Waals surface area contributed by atoms with Gasteiger partial charge < -0.3 is 10.6 Å². The van der Waals surface area contributed by atoms with Gasteiger partial charge in [0.05, 0.1) is 11.5 Å². The molecule has 1 aromatic carbocycles. The molecule has 1 saturated heterocycles. The van der Waals surface area contributed by atoms with Crippen LogP contribution in [0, 0.1) is 0 Å². The monoisotopic (exact) mass is 336 g/mol. The highest BCUT2D eigenvalue weighted by Crippen LogP contribution is 2.28. The Balaban J connectivity index is 1.63. The molecule has 2 N–H and O–H groups in total. The number of sulfone groups is 1. The molecule has 0 unspecified atom stereocenters. The van der Waals surface area contributed by atoms with Crippen molar-refractivity contribution in [1.82, 2.24) is 5.32 Å². The Kier molecular flexibility index (Phi) is 4.62. The van der Waals surface area contributed by atoms with Crippen molar-refractivity contribution in [2.24, 2.45) is 0 Å². The molecular formula is C17H24N2O3S. The minimum absolute atomic E-state index is 0.0617. The van der Waals surface area contributed by atoms with E-state index in [1.807, 2.05) is 19.1 Å². The molecule has 1 fully saturated rings. The van der Waals surface area contributed by atoms with Gasteiger partial charge in [0.15, 0.2) is 9.84 Å². The maximum absolute atomic E-state index is 12.3. The quantitative estimate of drug-likeness (QED) is 0.877. The highest BCUT2D eigenvalue weighted by Gasteiger charge is 2.30. The van der Waals surface area contributed by atoms with Crippen LogP contribution < -0.4 is 10.6 Å². The van der Waals surface area contributed by atoms with Crippen molar-refractivity contribution in [3.05, 3.63) is 29.3 Å². The third kappa shape index (κ3) is 3.86. The van der Waals surface area contributed by atoms with Crippen LogP contribution in [-0.2, 0) is 27.5 Å². The third-order valence-corrected chi connectivity index (χ3v) is 6.51. The summed E-state index contributed by atoms with van der Waals surface area (Å²) in [6.07, 6.45) is 5.08. The number of rotatable bonds is 4. The number of carbonyl (C=O) groups is 1. The van der Waals surface area contributed by atoms with E-state index in [-0.39, 0.29) is 29.5 Å². The number of hydrogen-bond acceptors (Lipinski definition) is 4. The fourth-order valence-electron chi connectivity index (χ4n) is 3.45. The fraction of sp³-hybridized carbons (Fsp3) is 0.588. The molecule has 2 atom stereocenters. The van der Waals surface area contributed by atoms with Gasteiger partial charge in [-0.15, -0.1) is 0 Å². The van der Waals surface area contributed by atoms with E-state index in [4.69, 9.17) is 0 Å². The summed E-state index contributed by atoms with van der Waals surface area (Å²) in [5, 5.41) is 6.16. The number of benzene rings is 1. The lowest BCUT2D eigenvalue weighted by atomic mass is 9.90. The highest BCUT2D eigenvalue weighted by atomic mass is 32.2. The van der Waals surface area contributed by atoms with Gasteiger partial charge in [-0.2, -0.15) is 0 Å². The van der Waals surface area contributed by atoms with Crippen LogP contribution in [0.3, 0.4) is 0 Å². The van der Waals surface area contributed by atoms with Gasteiger partial charge >= 0.3 is 0 Å². The lowest BCUT2D eigenvalue weighted by Gasteiger charge is -2.23. The van der Waals surface area contributed by atoms with Crippen molar-refractivity contribution in [2.75, 3.05) is 16.8 Å². The van der Waals surface area contributed by atoms with Crippen molar-refractivity contribution >= 4 is 21.4 Å². The first-order valence-corrected chi connectivity index (χ1v) is 10.1. The van der Waals surface area contributed by atoms with Crippen LogP contribution >= 0.6 is 0 Å². The Morgan fingerprint density at radius 2 is 2.04 bits per heavy atom. The SMILES string of the molecule is C[C@@H](Nc1cccc2c1CCCC2)C(=O)N[C@@H]1CCS(=O)(=O)C1. The summed E-state index contributed by atoms with van der Waals surface area (Å²) in [6, 6.07) is 5.58. The Bertz CT molecular complexity index is 700. The molecule has 0 spiro atoms. The second-order valence-electron chi connectivity index (χ2n) is 6.62. The number of anilines is 1. The normalized spacial score (nSPS) is 23.8. The van der Waals surface area contributed by atoms with Crippen molar-refractivity contribution in [3.63, 3.8) is 0 Å². The van der Waals surface area contributed by atoms with Crippen LogP contribution in [0.1, 0.15) is 37.3 Å². The van der Waals surface area contributed by atoms with Gasteiger partial charge in [-0.05, 0) is 56.2 Å². The minimum atomic E-state index is -2.97. The van der Waals surface area contributed by atoms with Gasteiger partial charge in [0, 0.05) is 11.7 Å². The largest absolute Gasteiger partial charge is 0.374 e. The molecule has 0 aromatic heterocycles. The first-order chi connectivity index (χ1) is 10.9. The van der Waals surface area contributed by atoms with Crippen LogP contribution in [-0.4, -0.2) is 37.9 Å². The van der Waals surface area contributed by atoms with Crippen LogP contribution in [0.4, 0.5) is 5.69 Å². The maximum Gasteiger partial charge on any atom is 0.242 e. The molecule has 5 nitrogen and oxygen atoms in total. The number of aryl methyl sites for hydroxylation is 1. The molecule has 1 heterocycles. The molecular weight excluding hydrogens is 312 g/mol. The molecule has 0 saturated carbocycles. The van der Waals surface area contributed by atoms with Gasteiger partial charge in [0.2, 0.25) is 5.91 Å². The van der Waals surface area contributed by atoms with Crippen molar-refractivity contribution in [1.29, 1.82) is 0 Å². The van der Waals surface area contributed by atoms with E-state index in [9.17, 15) is 13.2 Å². The number of fused-ring (bicyclic) bond motifs is 1. The van der Waals surface area contributed by atoms with E-state index < -0.39 is 9.84 Å². The second kappa shape index (κ2) is 6.51. The Hall–Kier alpha value is -1.56. The maximum atomic E-state index is 12.3. The van der Waals surface area contributed by atoms with E-state index in [1.165, 1.54) is 24.0 Å². The molecule has 126 valence electrons. The van der Waals surface area contributed by atoms with E-state index in [2.05, 4.69) is 16.7 Å². The zero-order chi connectivity index (χ0) is 16.4. The fourth-order valence-corrected chi connectivity index (χ4v) is 5.12. The van der Waals surface area contributed by atoms with Crippen LogP contribution in [0.2, 0.25) is 0 Å². The summed E-state index contributed by atoms with van der Waals surface area (Å²) in [7, 11) is -2.97. The topological polar surface area (TPSA) is 75.3 Å². The predicted octanol–water partition coefficient (Wildman–Crippen LogP) is 1.67. The summed E-state index contributed by atoms with van der Waals surface area (Å²) in [5.74, 6) is 0.0959. The number of carbonyl (C=O) groups excluding carboxylic acids is 1. The average Bonchev–Trinajstić information content (AvgIpc) is 2.86. The Morgan fingerprint density at radius 1 is 1.26 bits per heavy atom. The zero-order valence-electron chi connectivity index (χ0n) is 13.5. The molecule has 1 aliphatic carbocycles. The summed E-state index contributed by atoms with van der Waals surface area (Å²) < 4.78 is 23.0. The van der Waals surface area contributed by atoms with Crippen molar-refractivity contribution in [2.45, 2.75) is 51.1 Å². The lowest BCUT2D eigenvalue weighted by Crippen LogP contribution is -2.43. The Labute approximate surface area is 137 Å². The average molecular weight is 336 g/mol. The van der Waals surface area contributed by atoms with Gasteiger partial charge in [0.1, 0.15) is 6.04 Å². The molecule has 1 aliphatic heterocycles. The van der Waals surface area contributed by atoms with Gasteiger partial charge in [-0.3, -0.25) is 4.79 Å².